The number of pyridine rings is 1. The molecular weight excluding hydrogens is 410 g/mol. The molecule has 0 radical (unpaired) electrons. The Morgan fingerprint density at radius 3 is 2.45 bits per heavy atom. The van der Waals surface area contributed by atoms with Crippen molar-refractivity contribution in [2.24, 2.45) is 0 Å². The summed E-state index contributed by atoms with van der Waals surface area (Å²) >= 11 is 5.94. The first-order valence-corrected chi connectivity index (χ1v) is 11.0. The fraction of sp³-hybridized carbons (Fsp3) is 0.143. The van der Waals surface area contributed by atoms with E-state index in [0.29, 0.717) is 23.7 Å². The molecule has 0 aliphatic rings. The zero-order valence-corrected chi connectivity index (χ0v) is 17.1. The van der Waals surface area contributed by atoms with E-state index < -0.39 is 9.84 Å². The van der Waals surface area contributed by atoms with Crippen LogP contribution in [0.25, 0.3) is 0 Å². The molecule has 0 spiro atoms. The summed E-state index contributed by atoms with van der Waals surface area (Å²) in [5.41, 5.74) is 2.25. The smallest absolute Gasteiger partial charge is 0.319 e. The molecule has 0 unspecified atom stereocenters. The summed E-state index contributed by atoms with van der Waals surface area (Å²) in [6.45, 7) is 0.343. The zero-order chi connectivity index (χ0) is 20.7. The standard InChI is InChI=1S/C21H20ClN3O3S/c22-18-5-1-3-16(13-18)10-12-29(27,28)20-8-6-19(7-9-20)25-21(26)24-15-17-4-2-11-23-14-17/h1-9,11,13-14H,10,12,15H2,(H2,24,25,26). The van der Waals surface area contributed by atoms with Gasteiger partial charge in [0, 0.05) is 29.6 Å². The van der Waals surface area contributed by atoms with Crippen LogP contribution in [0.15, 0.2) is 78.0 Å². The second-order valence-electron chi connectivity index (χ2n) is 6.39. The van der Waals surface area contributed by atoms with Gasteiger partial charge in [-0.15, -0.1) is 0 Å². The predicted octanol–water partition coefficient (Wildman–Crippen LogP) is 4.07. The number of hydrogen-bond acceptors (Lipinski definition) is 4. The lowest BCUT2D eigenvalue weighted by Crippen LogP contribution is -2.28. The largest absolute Gasteiger partial charge is 0.334 e. The summed E-state index contributed by atoms with van der Waals surface area (Å²) < 4.78 is 25.1. The maximum atomic E-state index is 12.5. The Kier molecular flexibility index (Phi) is 6.85. The predicted molar refractivity (Wildman–Crippen MR) is 114 cm³/mol. The van der Waals surface area contributed by atoms with E-state index in [0.717, 1.165) is 11.1 Å². The van der Waals surface area contributed by atoms with Gasteiger partial charge in [0.05, 0.1) is 10.6 Å². The van der Waals surface area contributed by atoms with Crippen molar-refractivity contribution in [1.29, 1.82) is 0 Å². The Balaban J connectivity index is 1.55. The molecule has 2 aromatic carbocycles. The van der Waals surface area contributed by atoms with E-state index in [4.69, 9.17) is 11.6 Å². The van der Waals surface area contributed by atoms with Crippen LogP contribution in [0.5, 0.6) is 0 Å². The second-order valence-corrected chi connectivity index (χ2v) is 8.94. The van der Waals surface area contributed by atoms with Crippen LogP contribution in [0.1, 0.15) is 11.1 Å². The van der Waals surface area contributed by atoms with E-state index in [9.17, 15) is 13.2 Å². The summed E-state index contributed by atoms with van der Waals surface area (Å²) in [4.78, 5) is 16.2. The topological polar surface area (TPSA) is 88.2 Å². The van der Waals surface area contributed by atoms with Crippen LogP contribution in [-0.2, 0) is 22.8 Å². The third kappa shape index (κ3) is 6.30. The van der Waals surface area contributed by atoms with E-state index >= 15 is 0 Å². The van der Waals surface area contributed by atoms with Crippen LogP contribution in [-0.4, -0.2) is 25.2 Å². The van der Waals surface area contributed by atoms with Crippen LogP contribution >= 0.6 is 11.6 Å². The van der Waals surface area contributed by atoms with Crippen LogP contribution < -0.4 is 10.6 Å². The van der Waals surface area contributed by atoms with Crippen molar-refractivity contribution in [2.45, 2.75) is 17.9 Å². The summed E-state index contributed by atoms with van der Waals surface area (Å²) in [6.07, 6.45) is 3.71. The highest BCUT2D eigenvalue weighted by Crippen LogP contribution is 2.18. The molecule has 0 saturated carbocycles. The van der Waals surface area contributed by atoms with Gasteiger partial charge in [0.25, 0.3) is 0 Å². The Labute approximate surface area is 174 Å². The second kappa shape index (κ2) is 9.54. The highest BCUT2D eigenvalue weighted by atomic mass is 35.5. The van der Waals surface area contributed by atoms with Crippen molar-refractivity contribution in [3.8, 4) is 0 Å². The first kappa shape index (κ1) is 20.8. The van der Waals surface area contributed by atoms with Gasteiger partial charge < -0.3 is 10.6 Å². The Bertz CT molecular complexity index is 1070. The molecule has 0 aliphatic heterocycles. The number of amides is 2. The number of urea groups is 1. The number of benzene rings is 2. The Morgan fingerprint density at radius 1 is 1.00 bits per heavy atom. The van der Waals surface area contributed by atoms with Gasteiger partial charge in [0.15, 0.2) is 9.84 Å². The van der Waals surface area contributed by atoms with Gasteiger partial charge in [-0.2, -0.15) is 0 Å². The van der Waals surface area contributed by atoms with Gasteiger partial charge in [0.2, 0.25) is 0 Å². The number of rotatable bonds is 7. The lowest BCUT2D eigenvalue weighted by molar-refractivity contribution is 0.251. The molecule has 29 heavy (non-hydrogen) atoms. The summed E-state index contributed by atoms with van der Waals surface area (Å²) in [7, 11) is -3.44. The van der Waals surface area contributed by atoms with E-state index in [1.165, 1.54) is 12.1 Å². The van der Waals surface area contributed by atoms with Crippen molar-refractivity contribution in [2.75, 3.05) is 11.1 Å². The summed E-state index contributed by atoms with van der Waals surface area (Å²) in [5, 5.41) is 5.97. The number of aryl methyl sites for hydroxylation is 1. The highest BCUT2D eigenvalue weighted by Gasteiger charge is 2.15. The third-order valence-corrected chi connectivity index (χ3v) is 6.16. The van der Waals surface area contributed by atoms with E-state index in [1.54, 1.807) is 48.8 Å². The number of nitrogens with zero attached hydrogens (tertiary/aromatic N) is 1. The molecule has 6 nitrogen and oxygen atoms in total. The number of nitrogens with one attached hydrogen (secondary N) is 2. The first-order chi connectivity index (χ1) is 13.9. The number of sulfone groups is 1. The van der Waals surface area contributed by atoms with Crippen molar-refractivity contribution < 1.29 is 13.2 Å². The van der Waals surface area contributed by atoms with Crippen molar-refractivity contribution in [1.82, 2.24) is 10.3 Å². The minimum Gasteiger partial charge on any atom is -0.334 e. The van der Waals surface area contributed by atoms with E-state index in [2.05, 4.69) is 15.6 Å². The molecule has 0 fully saturated rings. The molecule has 0 atom stereocenters. The fourth-order valence-corrected chi connectivity index (χ4v) is 4.17. The van der Waals surface area contributed by atoms with Crippen LogP contribution in [0.2, 0.25) is 5.02 Å². The molecule has 3 aromatic rings. The normalized spacial score (nSPS) is 11.1. The zero-order valence-electron chi connectivity index (χ0n) is 15.5. The molecule has 2 amide bonds. The van der Waals surface area contributed by atoms with Gasteiger partial charge in [-0.1, -0.05) is 29.8 Å². The van der Waals surface area contributed by atoms with E-state index in [-0.39, 0.29) is 16.7 Å². The molecule has 0 bridgehead atoms. The fourth-order valence-electron chi connectivity index (χ4n) is 2.67. The Hall–Kier alpha value is -2.90. The van der Waals surface area contributed by atoms with Gasteiger partial charge in [0.1, 0.15) is 0 Å². The third-order valence-electron chi connectivity index (χ3n) is 4.20. The molecular formula is C21H20ClN3O3S. The van der Waals surface area contributed by atoms with Gasteiger partial charge in [-0.25, -0.2) is 13.2 Å². The number of carbonyl (C=O) groups is 1. The maximum Gasteiger partial charge on any atom is 0.319 e. The van der Waals surface area contributed by atoms with Gasteiger partial charge >= 0.3 is 6.03 Å². The number of halogens is 1. The molecule has 1 aromatic heterocycles. The molecule has 150 valence electrons. The average Bonchev–Trinajstić information content (AvgIpc) is 2.72. The lowest BCUT2D eigenvalue weighted by Gasteiger charge is -2.09. The lowest BCUT2D eigenvalue weighted by atomic mass is 10.2. The summed E-state index contributed by atoms with van der Waals surface area (Å²) in [5.74, 6) is -0.0221. The number of aromatic nitrogens is 1. The van der Waals surface area contributed by atoms with Crippen LogP contribution in [0.3, 0.4) is 0 Å². The molecule has 3 rings (SSSR count). The van der Waals surface area contributed by atoms with Crippen molar-refractivity contribution >= 4 is 33.2 Å². The van der Waals surface area contributed by atoms with Gasteiger partial charge in [-0.3, -0.25) is 4.98 Å². The van der Waals surface area contributed by atoms with Crippen LogP contribution in [0.4, 0.5) is 10.5 Å². The average molecular weight is 430 g/mol. The quantitative estimate of drug-likeness (QED) is 0.592. The number of carbonyl (C=O) groups excluding carboxylic acids is 1. The minimum absolute atomic E-state index is 0.0221. The molecule has 0 saturated heterocycles. The molecule has 0 aliphatic carbocycles. The molecule has 8 heteroatoms. The van der Waals surface area contributed by atoms with Gasteiger partial charge in [-0.05, 0) is 60.0 Å². The SMILES string of the molecule is O=C(NCc1cccnc1)Nc1ccc(S(=O)(=O)CCc2cccc(Cl)c2)cc1. The van der Waals surface area contributed by atoms with Crippen LogP contribution in [0, 0.1) is 0 Å². The number of hydrogen-bond donors (Lipinski definition) is 2. The molecule has 2 N–H and O–H groups in total. The Morgan fingerprint density at radius 2 is 1.76 bits per heavy atom. The van der Waals surface area contributed by atoms with E-state index in [1.807, 2.05) is 12.1 Å². The van der Waals surface area contributed by atoms with Crippen molar-refractivity contribution in [3.05, 3.63) is 89.2 Å². The monoisotopic (exact) mass is 429 g/mol. The minimum atomic E-state index is -3.44. The maximum absolute atomic E-state index is 12.5. The number of anilines is 1. The summed E-state index contributed by atoms with van der Waals surface area (Å²) in [6, 6.07) is 16.5. The molecule has 1 heterocycles. The highest BCUT2D eigenvalue weighted by molar-refractivity contribution is 7.91. The first-order valence-electron chi connectivity index (χ1n) is 8.93. The van der Waals surface area contributed by atoms with Crippen molar-refractivity contribution in [3.63, 3.8) is 0 Å².